The zero-order chi connectivity index (χ0) is 7.68. The molecule has 1 aliphatic heterocycles. The molecule has 2 heteroatoms. The van der Waals surface area contributed by atoms with Crippen molar-refractivity contribution in [3.8, 4) is 0 Å². The largest absolute Gasteiger partial charge is 0.327 e. The summed E-state index contributed by atoms with van der Waals surface area (Å²) in [6.07, 6.45) is 6.84. The molecule has 1 atom stereocenters. The zero-order valence-corrected chi connectivity index (χ0v) is 7.13. The van der Waals surface area contributed by atoms with E-state index in [9.17, 15) is 0 Å². The number of hydrogen-bond acceptors (Lipinski definition) is 2. The van der Waals surface area contributed by atoms with Crippen molar-refractivity contribution in [2.24, 2.45) is 5.73 Å². The van der Waals surface area contributed by atoms with Gasteiger partial charge in [-0.25, -0.2) is 0 Å². The van der Waals surface area contributed by atoms with Crippen LogP contribution in [0, 0.1) is 0 Å². The van der Waals surface area contributed by atoms with Crippen LogP contribution in [0.15, 0.2) is 0 Å². The predicted molar refractivity (Wildman–Crippen MR) is 46.4 cm³/mol. The minimum Gasteiger partial charge on any atom is -0.327 e. The summed E-state index contributed by atoms with van der Waals surface area (Å²) in [5, 5.41) is 0. The van der Waals surface area contributed by atoms with Gasteiger partial charge < -0.3 is 5.73 Å². The van der Waals surface area contributed by atoms with Crippen molar-refractivity contribution in [1.29, 1.82) is 0 Å². The molecule has 2 N–H and O–H groups in total. The van der Waals surface area contributed by atoms with Gasteiger partial charge >= 0.3 is 0 Å². The monoisotopic (exact) mass is 154 g/mol. The van der Waals surface area contributed by atoms with E-state index in [-0.39, 0.29) is 0 Å². The quantitative estimate of drug-likeness (QED) is 0.609. The van der Waals surface area contributed by atoms with E-state index in [0.29, 0.717) is 6.04 Å². The Morgan fingerprint density at radius 2 is 1.91 bits per heavy atom. The van der Waals surface area contributed by atoms with Gasteiger partial charge in [0.15, 0.2) is 0 Å². The Hall–Kier alpha value is -0.0800. The van der Waals surface area contributed by atoms with Crippen molar-refractivity contribution < 1.29 is 0 Å². The summed E-state index contributed by atoms with van der Waals surface area (Å²) in [5.41, 5.74) is 5.90. The maximum absolute atomic E-state index is 5.90. The van der Waals surface area contributed by atoms with Crippen LogP contribution in [0.5, 0.6) is 0 Å². The maximum Gasteiger partial charge on any atom is 0.0168 e. The summed E-state index contributed by atoms with van der Waals surface area (Å²) in [6.45, 7) is 2.46. The van der Waals surface area contributed by atoms with Gasteiger partial charge in [0, 0.05) is 18.6 Å². The van der Waals surface area contributed by atoms with Gasteiger partial charge in [-0.15, -0.1) is 0 Å². The molecule has 1 heterocycles. The van der Waals surface area contributed by atoms with Crippen molar-refractivity contribution in [3.05, 3.63) is 0 Å². The Labute approximate surface area is 68.7 Å². The van der Waals surface area contributed by atoms with Crippen LogP contribution in [-0.4, -0.2) is 30.1 Å². The lowest BCUT2D eigenvalue weighted by Crippen LogP contribution is -2.49. The average Bonchev–Trinajstić information content (AvgIpc) is 1.83. The summed E-state index contributed by atoms with van der Waals surface area (Å²) >= 11 is 0. The number of piperidine rings is 1. The van der Waals surface area contributed by atoms with E-state index in [0.717, 1.165) is 12.6 Å². The second-order valence-electron chi connectivity index (χ2n) is 3.98. The van der Waals surface area contributed by atoms with E-state index in [1.807, 2.05) is 0 Å². The molecule has 2 rings (SSSR count). The lowest BCUT2D eigenvalue weighted by Gasteiger charge is -2.41. The van der Waals surface area contributed by atoms with Gasteiger partial charge in [-0.3, -0.25) is 4.90 Å². The third-order valence-electron chi connectivity index (χ3n) is 3.08. The van der Waals surface area contributed by atoms with Crippen LogP contribution in [0.25, 0.3) is 0 Å². The molecule has 0 bridgehead atoms. The first kappa shape index (κ1) is 7.56. The third kappa shape index (κ3) is 1.57. The summed E-state index contributed by atoms with van der Waals surface area (Å²) < 4.78 is 0. The molecule has 2 fully saturated rings. The van der Waals surface area contributed by atoms with Crippen molar-refractivity contribution in [2.45, 2.75) is 44.2 Å². The van der Waals surface area contributed by atoms with E-state index < -0.39 is 0 Å². The van der Waals surface area contributed by atoms with E-state index in [1.54, 1.807) is 0 Å². The van der Waals surface area contributed by atoms with E-state index in [4.69, 9.17) is 5.73 Å². The standard InChI is InChI=1S/C9H18N2/c10-8-3-2-6-11(7-8)9-4-1-5-9/h8-9H,1-7,10H2. The predicted octanol–water partition coefficient (Wildman–Crippen LogP) is 0.962. The highest BCUT2D eigenvalue weighted by Crippen LogP contribution is 2.26. The molecule has 1 saturated carbocycles. The molecule has 0 radical (unpaired) electrons. The fourth-order valence-corrected chi connectivity index (χ4v) is 2.12. The lowest BCUT2D eigenvalue weighted by atomic mass is 9.89. The SMILES string of the molecule is NC1CCCN(C2CCC2)C1. The molecular formula is C9H18N2. The van der Waals surface area contributed by atoms with Gasteiger partial charge in [0.2, 0.25) is 0 Å². The fourth-order valence-electron chi connectivity index (χ4n) is 2.12. The Morgan fingerprint density at radius 3 is 2.45 bits per heavy atom. The number of nitrogens with zero attached hydrogens (tertiary/aromatic N) is 1. The van der Waals surface area contributed by atoms with E-state index in [1.165, 1.54) is 38.6 Å². The third-order valence-corrected chi connectivity index (χ3v) is 3.08. The summed E-state index contributed by atoms with van der Waals surface area (Å²) in [5.74, 6) is 0. The molecule has 2 nitrogen and oxygen atoms in total. The molecule has 1 aliphatic carbocycles. The average molecular weight is 154 g/mol. The Morgan fingerprint density at radius 1 is 1.09 bits per heavy atom. The molecule has 11 heavy (non-hydrogen) atoms. The Balaban J connectivity index is 1.82. The van der Waals surface area contributed by atoms with Crippen molar-refractivity contribution >= 4 is 0 Å². The van der Waals surface area contributed by atoms with Crippen LogP contribution in [-0.2, 0) is 0 Å². The van der Waals surface area contributed by atoms with Gasteiger partial charge in [0.05, 0.1) is 0 Å². The van der Waals surface area contributed by atoms with Crippen LogP contribution in [0.4, 0.5) is 0 Å². The van der Waals surface area contributed by atoms with Gasteiger partial charge in [-0.2, -0.15) is 0 Å². The van der Waals surface area contributed by atoms with Gasteiger partial charge in [0.1, 0.15) is 0 Å². The molecule has 0 aromatic heterocycles. The highest BCUT2D eigenvalue weighted by molar-refractivity contribution is 4.85. The van der Waals surface area contributed by atoms with Crippen LogP contribution < -0.4 is 5.73 Å². The van der Waals surface area contributed by atoms with Crippen molar-refractivity contribution in [1.82, 2.24) is 4.90 Å². The highest BCUT2D eigenvalue weighted by Gasteiger charge is 2.27. The van der Waals surface area contributed by atoms with Crippen LogP contribution in [0.1, 0.15) is 32.1 Å². The number of rotatable bonds is 1. The second kappa shape index (κ2) is 3.11. The summed E-state index contributed by atoms with van der Waals surface area (Å²) in [7, 11) is 0. The van der Waals surface area contributed by atoms with E-state index in [2.05, 4.69) is 4.90 Å². The Bertz CT molecular complexity index is 132. The molecule has 1 unspecified atom stereocenters. The molecule has 0 amide bonds. The summed E-state index contributed by atoms with van der Waals surface area (Å²) in [6, 6.07) is 1.37. The van der Waals surface area contributed by atoms with Crippen molar-refractivity contribution in [2.75, 3.05) is 13.1 Å². The molecule has 2 aliphatic rings. The van der Waals surface area contributed by atoms with Crippen molar-refractivity contribution in [3.63, 3.8) is 0 Å². The smallest absolute Gasteiger partial charge is 0.0168 e. The lowest BCUT2D eigenvalue weighted by molar-refractivity contribution is 0.0956. The molecule has 64 valence electrons. The highest BCUT2D eigenvalue weighted by atomic mass is 15.2. The topological polar surface area (TPSA) is 29.3 Å². The molecule has 0 aromatic carbocycles. The Kier molecular flexibility index (Phi) is 2.14. The van der Waals surface area contributed by atoms with Gasteiger partial charge in [0.25, 0.3) is 0 Å². The van der Waals surface area contributed by atoms with Gasteiger partial charge in [-0.05, 0) is 32.2 Å². The van der Waals surface area contributed by atoms with Crippen LogP contribution in [0.3, 0.4) is 0 Å². The zero-order valence-electron chi connectivity index (χ0n) is 7.13. The molecule has 0 spiro atoms. The number of hydrogen-bond donors (Lipinski definition) is 1. The first-order valence-corrected chi connectivity index (χ1v) is 4.86. The molecule has 1 saturated heterocycles. The van der Waals surface area contributed by atoms with Crippen LogP contribution >= 0.6 is 0 Å². The second-order valence-corrected chi connectivity index (χ2v) is 3.98. The number of nitrogens with two attached hydrogens (primary N) is 1. The normalized spacial score (nSPS) is 35.2. The molecule has 0 aromatic rings. The van der Waals surface area contributed by atoms with Gasteiger partial charge in [-0.1, -0.05) is 6.42 Å². The first-order valence-electron chi connectivity index (χ1n) is 4.86. The maximum atomic E-state index is 5.90. The minimum atomic E-state index is 0.462. The molecular weight excluding hydrogens is 136 g/mol. The van der Waals surface area contributed by atoms with Crippen LogP contribution in [0.2, 0.25) is 0 Å². The number of likely N-dealkylation sites (tertiary alicyclic amines) is 1. The van der Waals surface area contributed by atoms with E-state index >= 15 is 0 Å². The minimum absolute atomic E-state index is 0.462. The fraction of sp³-hybridized carbons (Fsp3) is 1.00. The summed E-state index contributed by atoms with van der Waals surface area (Å²) in [4.78, 5) is 2.59. The first-order chi connectivity index (χ1) is 5.36.